The van der Waals surface area contributed by atoms with E-state index in [-0.39, 0.29) is 30.4 Å². The fourth-order valence-corrected chi connectivity index (χ4v) is 1.58. The van der Waals surface area contributed by atoms with Crippen molar-refractivity contribution in [3.05, 3.63) is 29.3 Å². The number of guanidine groups is 1. The summed E-state index contributed by atoms with van der Waals surface area (Å²) < 4.78 is 0. The molecule has 1 rings (SSSR count). The molecule has 1 aromatic rings. The third-order valence-electron chi connectivity index (χ3n) is 2.36. The van der Waals surface area contributed by atoms with Crippen LogP contribution in [-0.4, -0.2) is 18.0 Å². The van der Waals surface area contributed by atoms with Crippen LogP contribution in [0.15, 0.2) is 23.2 Å². The molecule has 0 aliphatic rings. The largest absolute Gasteiger partial charge is 0.370 e. The maximum Gasteiger partial charge on any atom is 0.326 e. The van der Waals surface area contributed by atoms with Gasteiger partial charge in [0.15, 0.2) is 5.96 Å². The maximum atomic E-state index is 11.7. The van der Waals surface area contributed by atoms with Gasteiger partial charge in [0.2, 0.25) is 0 Å². The smallest absolute Gasteiger partial charge is 0.326 e. The van der Waals surface area contributed by atoms with Crippen molar-refractivity contribution in [1.29, 1.82) is 0 Å². The first-order valence-electron chi connectivity index (χ1n) is 5.87. The Bertz CT molecular complexity index is 451. The van der Waals surface area contributed by atoms with Gasteiger partial charge in [0.05, 0.1) is 0 Å². The first-order valence-corrected chi connectivity index (χ1v) is 5.87. The number of hydrogen-bond donors (Lipinski definition) is 3. The molecule has 0 unspecified atom stereocenters. The van der Waals surface area contributed by atoms with Gasteiger partial charge in [-0.1, -0.05) is 18.2 Å². The number of nitrogens with zero attached hydrogens (tertiary/aromatic N) is 1. The van der Waals surface area contributed by atoms with Crippen molar-refractivity contribution in [2.45, 2.75) is 33.7 Å². The van der Waals surface area contributed by atoms with E-state index in [0.717, 1.165) is 16.8 Å². The number of nitrogens with one attached hydrogen (secondary N) is 2. The molecule has 1 aromatic carbocycles. The van der Waals surface area contributed by atoms with Crippen LogP contribution in [0.3, 0.4) is 0 Å². The van der Waals surface area contributed by atoms with Crippen molar-refractivity contribution in [2.75, 3.05) is 5.32 Å². The minimum Gasteiger partial charge on any atom is -0.370 e. The number of carbonyl (C=O) groups is 1. The standard InChI is InChI=1S/C13H20N4O.ClH/c1-8(2)15-12(14)17-13(18)16-11-9(3)6-5-7-10(11)4;/h5-8H,1-4H3,(H4,14,15,16,17,18);1H. The highest BCUT2D eigenvalue weighted by Gasteiger charge is 2.07. The van der Waals surface area contributed by atoms with E-state index in [1.165, 1.54) is 0 Å². The topological polar surface area (TPSA) is 79.5 Å². The van der Waals surface area contributed by atoms with Gasteiger partial charge < -0.3 is 11.1 Å². The molecule has 0 spiro atoms. The fourth-order valence-electron chi connectivity index (χ4n) is 1.58. The monoisotopic (exact) mass is 284 g/mol. The van der Waals surface area contributed by atoms with Crippen LogP contribution in [-0.2, 0) is 0 Å². The third-order valence-corrected chi connectivity index (χ3v) is 2.36. The molecule has 2 amide bonds. The number of rotatable bonds is 2. The van der Waals surface area contributed by atoms with Gasteiger partial charge in [0.1, 0.15) is 0 Å². The second kappa shape index (κ2) is 7.63. The minimum atomic E-state index is -0.380. The molecule has 0 aliphatic carbocycles. The molecule has 5 nitrogen and oxygen atoms in total. The highest BCUT2D eigenvalue weighted by Crippen LogP contribution is 2.18. The van der Waals surface area contributed by atoms with E-state index in [1.54, 1.807) is 0 Å². The number of benzene rings is 1. The highest BCUT2D eigenvalue weighted by atomic mass is 35.5. The normalized spacial score (nSPS) is 10.9. The molecule has 19 heavy (non-hydrogen) atoms. The number of nitrogens with two attached hydrogens (primary N) is 1. The molecule has 0 radical (unpaired) electrons. The molecule has 0 saturated heterocycles. The number of aliphatic imine (C=N–C) groups is 1. The number of para-hydroxylation sites is 1. The number of halogens is 1. The first-order chi connectivity index (χ1) is 8.40. The van der Waals surface area contributed by atoms with Crippen LogP contribution in [0.25, 0.3) is 0 Å². The summed E-state index contributed by atoms with van der Waals surface area (Å²) in [6.45, 7) is 7.65. The summed E-state index contributed by atoms with van der Waals surface area (Å²) in [7, 11) is 0. The van der Waals surface area contributed by atoms with E-state index in [4.69, 9.17) is 5.73 Å². The molecule has 0 aromatic heterocycles. The summed E-state index contributed by atoms with van der Waals surface area (Å²) in [4.78, 5) is 15.8. The molecule has 106 valence electrons. The lowest BCUT2D eigenvalue weighted by Crippen LogP contribution is -2.40. The minimum absolute atomic E-state index is 0. The van der Waals surface area contributed by atoms with Crippen molar-refractivity contribution in [3.63, 3.8) is 0 Å². The lowest BCUT2D eigenvalue weighted by molar-refractivity contribution is 0.256. The Morgan fingerprint density at radius 2 is 1.79 bits per heavy atom. The summed E-state index contributed by atoms with van der Waals surface area (Å²) in [5.41, 5.74) is 8.39. The van der Waals surface area contributed by atoms with Crippen LogP contribution in [0, 0.1) is 13.8 Å². The van der Waals surface area contributed by atoms with E-state index in [9.17, 15) is 4.79 Å². The second-order valence-electron chi connectivity index (χ2n) is 4.45. The van der Waals surface area contributed by atoms with Gasteiger partial charge in [0.25, 0.3) is 0 Å². The fraction of sp³-hybridized carbons (Fsp3) is 0.385. The number of carbonyl (C=O) groups excluding carboxylic acids is 1. The molecule has 6 heteroatoms. The second-order valence-corrected chi connectivity index (χ2v) is 4.45. The lowest BCUT2D eigenvalue weighted by Gasteiger charge is -2.12. The summed E-state index contributed by atoms with van der Waals surface area (Å²) in [6.07, 6.45) is 0. The Balaban J connectivity index is 0.00000324. The van der Waals surface area contributed by atoms with E-state index >= 15 is 0 Å². The molecule has 0 saturated carbocycles. The van der Waals surface area contributed by atoms with Crippen molar-refractivity contribution >= 4 is 30.1 Å². The Hall–Kier alpha value is -1.75. The van der Waals surface area contributed by atoms with Gasteiger partial charge in [-0.15, -0.1) is 12.4 Å². The molecule has 0 bridgehead atoms. The van der Waals surface area contributed by atoms with Gasteiger partial charge in [0, 0.05) is 11.7 Å². The van der Waals surface area contributed by atoms with Crippen LogP contribution in [0.5, 0.6) is 0 Å². The number of aryl methyl sites for hydroxylation is 2. The Kier molecular flexibility index (Phi) is 6.93. The Morgan fingerprint density at radius 1 is 1.26 bits per heavy atom. The molecule has 0 aliphatic heterocycles. The average Bonchev–Trinajstić information content (AvgIpc) is 2.22. The van der Waals surface area contributed by atoms with Gasteiger partial charge >= 0.3 is 6.03 Å². The first kappa shape index (κ1) is 17.2. The summed E-state index contributed by atoms with van der Waals surface area (Å²) in [5, 5.41) is 5.26. The predicted octanol–water partition coefficient (Wildman–Crippen LogP) is 2.57. The van der Waals surface area contributed by atoms with Crippen molar-refractivity contribution in [3.8, 4) is 0 Å². The number of hydrogen-bond acceptors (Lipinski definition) is 2. The van der Waals surface area contributed by atoms with E-state index < -0.39 is 0 Å². The SMILES string of the molecule is Cc1cccc(C)c1NC(=O)NC(N)=NC(C)C.Cl. The highest BCUT2D eigenvalue weighted by molar-refractivity contribution is 6.02. The Labute approximate surface area is 120 Å². The van der Waals surface area contributed by atoms with Crippen LogP contribution >= 0.6 is 12.4 Å². The zero-order valence-corrected chi connectivity index (χ0v) is 12.5. The molecule has 0 fully saturated rings. The number of anilines is 1. The predicted molar refractivity (Wildman–Crippen MR) is 82.1 cm³/mol. The number of urea groups is 1. The lowest BCUT2D eigenvalue weighted by atomic mass is 10.1. The molecule has 0 heterocycles. The zero-order chi connectivity index (χ0) is 13.7. The van der Waals surface area contributed by atoms with E-state index in [2.05, 4.69) is 15.6 Å². The van der Waals surface area contributed by atoms with Crippen LogP contribution in [0.2, 0.25) is 0 Å². The summed E-state index contributed by atoms with van der Waals surface area (Å²) >= 11 is 0. The average molecular weight is 285 g/mol. The quantitative estimate of drug-likeness (QED) is 0.576. The van der Waals surface area contributed by atoms with E-state index in [0.29, 0.717) is 0 Å². The van der Waals surface area contributed by atoms with Gasteiger partial charge in [-0.25, -0.2) is 4.79 Å². The van der Waals surface area contributed by atoms with Crippen molar-refractivity contribution in [1.82, 2.24) is 5.32 Å². The molecule has 4 N–H and O–H groups in total. The van der Waals surface area contributed by atoms with Gasteiger partial charge in [-0.2, -0.15) is 0 Å². The summed E-state index contributed by atoms with van der Waals surface area (Å²) in [5.74, 6) is 0.119. The van der Waals surface area contributed by atoms with Crippen LogP contribution < -0.4 is 16.4 Å². The zero-order valence-electron chi connectivity index (χ0n) is 11.7. The van der Waals surface area contributed by atoms with E-state index in [1.807, 2.05) is 45.9 Å². The van der Waals surface area contributed by atoms with Crippen molar-refractivity contribution < 1.29 is 4.79 Å². The van der Waals surface area contributed by atoms with Crippen LogP contribution in [0.4, 0.5) is 10.5 Å². The van der Waals surface area contributed by atoms with Gasteiger partial charge in [-0.05, 0) is 38.8 Å². The third kappa shape index (κ3) is 5.61. The van der Waals surface area contributed by atoms with Crippen LogP contribution in [0.1, 0.15) is 25.0 Å². The summed E-state index contributed by atoms with van der Waals surface area (Å²) in [6, 6.07) is 5.49. The Morgan fingerprint density at radius 3 is 2.26 bits per heavy atom. The molecular weight excluding hydrogens is 264 g/mol. The molecular formula is C13H21ClN4O. The number of amides is 2. The molecule has 0 atom stereocenters. The van der Waals surface area contributed by atoms with Crippen molar-refractivity contribution in [2.24, 2.45) is 10.7 Å². The van der Waals surface area contributed by atoms with Gasteiger partial charge in [-0.3, -0.25) is 10.3 Å². The maximum absolute atomic E-state index is 11.7.